The lowest BCUT2D eigenvalue weighted by Crippen LogP contribution is -1.72. The highest BCUT2D eigenvalue weighted by molar-refractivity contribution is 6.35. The molecule has 1 nitrogen and oxygen atoms in total. The molecule has 0 amide bonds. The van der Waals surface area contributed by atoms with Gasteiger partial charge in [-0.15, -0.1) is 0 Å². The molecule has 0 bridgehead atoms. The molecule has 0 spiro atoms. The van der Waals surface area contributed by atoms with E-state index in [2.05, 4.69) is 0 Å². The molecular weight excluding hydrogens is 172 g/mol. The van der Waals surface area contributed by atoms with Gasteiger partial charge in [-0.1, -0.05) is 23.7 Å². The standard InChI is InChI=1S/C10H6ClO/c11-10-3-1-2-7-6-8(12)4-5-9(7)10/h1-6H. The Kier molecular flexibility index (Phi) is 1.66. The van der Waals surface area contributed by atoms with Gasteiger partial charge in [0.1, 0.15) is 0 Å². The van der Waals surface area contributed by atoms with Crippen LogP contribution >= 0.6 is 11.6 Å². The molecule has 2 aromatic rings. The summed E-state index contributed by atoms with van der Waals surface area (Å²) in [6.07, 6.45) is 0. The summed E-state index contributed by atoms with van der Waals surface area (Å²) in [4.78, 5) is 0. The van der Waals surface area contributed by atoms with Gasteiger partial charge in [0, 0.05) is 10.4 Å². The number of hydrogen-bond donors (Lipinski definition) is 0. The summed E-state index contributed by atoms with van der Waals surface area (Å²) in [6.45, 7) is 0. The van der Waals surface area contributed by atoms with Crippen molar-refractivity contribution in [2.24, 2.45) is 0 Å². The first-order valence-electron chi connectivity index (χ1n) is 3.63. The number of rotatable bonds is 0. The zero-order chi connectivity index (χ0) is 8.55. The molecule has 0 fully saturated rings. The zero-order valence-corrected chi connectivity index (χ0v) is 7.01. The fraction of sp³-hybridized carbons (Fsp3) is 0. The van der Waals surface area contributed by atoms with E-state index in [1.807, 2.05) is 18.2 Å². The predicted octanol–water partition coefficient (Wildman–Crippen LogP) is 3.64. The molecular formula is C10H6ClO. The summed E-state index contributed by atoms with van der Waals surface area (Å²) in [5.41, 5.74) is 0. The quantitative estimate of drug-likeness (QED) is 0.586. The molecule has 0 aliphatic carbocycles. The molecule has 0 unspecified atom stereocenters. The van der Waals surface area contributed by atoms with Crippen molar-refractivity contribution < 1.29 is 5.11 Å². The minimum atomic E-state index is 0.0183. The second-order valence-electron chi connectivity index (χ2n) is 2.62. The lowest BCUT2D eigenvalue weighted by atomic mass is 10.1. The lowest BCUT2D eigenvalue weighted by Gasteiger charge is -1.98. The Bertz CT molecular complexity index is 423. The monoisotopic (exact) mass is 177 g/mol. The second kappa shape index (κ2) is 2.68. The molecule has 0 aromatic heterocycles. The zero-order valence-electron chi connectivity index (χ0n) is 6.25. The summed E-state index contributed by atoms with van der Waals surface area (Å²) in [5.74, 6) is 0.0183. The average Bonchev–Trinajstić information content (AvgIpc) is 2.04. The van der Waals surface area contributed by atoms with Crippen LogP contribution in [0.25, 0.3) is 10.8 Å². The normalized spacial score (nSPS) is 10.4. The molecule has 2 heteroatoms. The first-order valence-corrected chi connectivity index (χ1v) is 4.00. The fourth-order valence-electron chi connectivity index (χ4n) is 1.22. The van der Waals surface area contributed by atoms with Crippen molar-refractivity contribution in [3.63, 3.8) is 0 Å². The second-order valence-corrected chi connectivity index (χ2v) is 3.03. The molecule has 0 N–H and O–H groups in total. The van der Waals surface area contributed by atoms with Crippen molar-refractivity contribution in [3.05, 3.63) is 41.4 Å². The Balaban J connectivity index is 2.86. The summed E-state index contributed by atoms with van der Waals surface area (Å²) in [6, 6.07) is 10.4. The SMILES string of the molecule is [O]c1ccc2c(Cl)cccc2c1. The maximum absolute atomic E-state index is 11.0. The molecule has 0 atom stereocenters. The van der Waals surface area contributed by atoms with E-state index in [1.54, 1.807) is 12.1 Å². The van der Waals surface area contributed by atoms with Crippen LogP contribution in [0.2, 0.25) is 5.02 Å². The van der Waals surface area contributed by atoms with Gasteiger partial charge >= 0.3 is 0 Å². The molecule has 2 aromatic carbocycles. The van der Waals surface area contributed by atoms with Crippen LogP contribution in [0.3, 0.4) is 0 Å². The largest absolute Gasteiger partial charge is 0.290 e. The molecule has 2 rings (SSSR count). The summed E-state index contributed by atoms with van der Waals surface area (Å²) in [5, 5.41) is 13.5. The van der Waals surface area contributed by atoms with Crippen LogP contribution in [-0.2, 0) is 5.11 Å². The fourth-order valence-corrected chi connectivity index (χ4v) is 1.47. The Labute approximate surface area is 75.2 Å². The van der Waals surface area contributed by atoms with Gasteiger partial charge in [0.05, 0.1) is 0 Å². The van der Waals surface area contributed by atoms with Gasteiger partial charge < -0.3 is 0 Å². The van der Waals surface area contributed by atoms with Gasteiger partial charge in [-0.2, -0.15) is 0 Å². The van der Waals surface area contributed by atoms with E-state index in [1.165, 1.54) is 6.07 Å². The van der Waals surface area contributed by atoms with Gasteiger partial charge in [-0.05, 0) is 29.7 Å². The van der Waals surface area contributed by atoms with E-state index in [4.69, 9.17) is 11.6 Å². The molecule has 1 radical (unpaired) electrons. The Morgan fingerprint density at radius 3 is 2.75 bits per heavy atom. The van der Waals surface area contributed by atoms with Crippen molar-refractivity contribution in [2.45, 2.75) is 0 Å². The number of fused-ring (bicyclic) bond motifs is 1. The van der Waals surface area contributed by atoms with Gasteiger partial charge in [0.25, 0.3) is 0 Å². The maximum atomic E-state index is 11.0. The van der Waals surface area contributed by atoms with Crippen LogP contribution in [-0.4, -0.2) is 0 Å². The molecule has 0 saturated heterocycles. The predicted molar refractivity (Wildman–Crippen MR) is 49.1 cm³/mol. The van der Waals surface area contributed by atoms with Gasteiger partial charge in [-0.25, -0.2) is 0 Å². The highest BCUT2D eigenvalue weighted by Gasteiger charge is 1.98. The molecule has 12 heavy (non-hydrogen) atoms. The Hall–Kier alpha value is -1.21. The summed E-state index contributed by atoms with van der Waals surface area (Å²) in [7, 11) is 0. The number of benzene rings is 2. The minimum Gasteiger partial charge on any atom is -0.290 e. The van der Waals surface area contributed by atoms with Gasteiger partial charge in [-0.3, -0.25) is 5.11 Å². The van der Waals surface area contributed by atoms with E-state index in [0.29, 0.717) is 5.02 Å². The average molecular weight is 178 g/mol. The van der Waals surface area contributed by atoms with E-state index in [0.717, 1.165) is 10.8 Å². The topological polar surface area (TPSA) is 19.9 Å². The summed E-state index contributed by atoms with van der Waals surface area (Å²) >= 11 is 5.91. The molecule has 0 aliphatic rings. The number of halogens is 1. The van der Waals surface area contributed by atoms with Crippen molar-refractivity contribution in [1.82, 2.24) is 0 Å². The van der Waals surface area contributed by atoms with Crippen LogP contribution < -0.4 is 0 Å². The highest BCUT2D eigenvalue weighted by Crippen LogP contribution is 2.26. The Morgan fingerprint density at radius 1 is 1.08 bits per heavy atom. The molecule has 0 heterocycles. The van der Waals surface area contributed by atoms with E-state index < -0.39 is 0 Å². The van der Waals surface area contributed by atoms with Gasteiger partial charge in [0.15, 0.2) is 5.75 Å². The smallest absolute Gasteiger partial charge is 0.179 e. The van der Waals surface area contributed by atoms with Crippen LogP contribution in [0.15, 0.2) is 36.4 Å². The number of hydrogen-bond acceptors (Lipinski definition) is 0. The highest BCUT2D eigenvalue weighted by atomic mass is 35.5. The van der Waals surface area contributed by atoms with Gasteiger partial charge in [0.2, 0.25) is 0 Å². The van der Waals surface area contributed by atoms with Crippen molar-refractivity contribution in [1.29, 1.82) is 0 Å². The van der Waals surface area contributed by atoms with E-state index >= 15 is 0 Å². The third-order valence-electron chi connectivity index (χ3n) is 1.80. The first kappa shape index (κ1) is 7.44. The maximum Gasteiger partial charge on any atom is 0.179 e. The molecule has 0 aliphatic heterocycles. The summed E-state index contributed by atoms with van der Waals surface area (Å²) < 4.78 is 0. The van der Waals surface area contributed by atoms with Crippen LogP contribution in [0.5, 0.6) is 5.75 Å². The third-order valence-corrected chi connectivity index (χ3v) is 2.13. The lowest BCUT2D eigenvalue weighted by molar-refractivity contribution is 0.355. The van der Waals surface area contributed by atoms with Crippen LogP contribution in [0, 0.1) is 0 Å². The Morgan fingerprint density at radius 2 is 1.92 bits per heavy atom. The van der Waals surface area contributed by atoms with Crippen LogP contribution in [0.1, 0.15) is 0 Å². The molecule has 59 valence electrons. The first-order chi connectivity index (χ1) is 5.77. The van der Waals surface area contributed by atoms with Crippen molar-refractivity contribution >= 4 is 22.4 Å². The van der Waals surface area contributed by atoms with E-state index in [-0.39, 0.29) is 5.75 Å². The van der Waals surface area contributed by atoms with Crippen molar-refractivity contribution in [2.75, 3.05) is 0 Å². The van der Waals surface area contributed by atoms with Crippen molar-refractivity contribution in [3.8, 4) is 5.75 Å². The van der Waals surface area contributed by atoms with Crippen LogP contribution in [0.4, 0.5) is 0 Å². The third kappa shape index (κ3) is 1.12. The molecule has 0 saturated carbocycles. The minimum absolute atomic E-state index is 0.0183. The van der Waals surface area contributed by atoms with E-state index in [9.17, 15) is 5.11 Å².